The van der Waals surface area contributed by atoms with Gasteiger partial charge in [-0.05, 0) is 12.1 Å². The zero-order chi connectivity index (χ0) is 15.4. The summed E-state index contributed by atoms with van der Waals surface area (Å²) in [7, 11) is 1.33. The summed E-state index contributed by atoms with van der Waals surface area (Å²) in [6.45, 7) is 0.353. The van der Waals surface area contributed by atoms with Gasteiger partial charge in [-0.25, -0.2) is 14.0 Å². The van der Waals surface area contributed by atoms with Crippen molar-refractivity contribution in [2.75, 3.05) is 30.5 Å². The second kappa shape index (κ2) is 6.66. The molecule has 0 aromatic heterocycles. The first-order chi connectivity index (χ1) is 10.0. The van der Waals surface area contributed by atoms with Crippen LogP contribution in [0, 0.1) is 5.82 Å². The third kappa shape index (κ3) is 3.57. The summed E-state index contributed by atoms with van der Waals surface area (Å²) < 4.78 is 18.1. The molecular weight excluding hydrogens is 299 g/mol. The number of carboxylic acid groups (broad SMARTS) is 1. The van der Waals surface area contributed by atoms with Gasteiger partial charge < -0.3 is 20.1 Å². The Labute approximate surface area is 125 Å². The van der Waals surface area contributed by atoms with Gasteiger partial charge in [0.15, 0.2) is 11.6 Å². The molecule has 1 aromatic carbocycles. The van der Waals surface area contributed by atoms with E-state index in [0.717, 1.165) is 0 Å². The van der Waals surface area contributed by atoms with E-state index >= 15 is 0 Å². The number of carbonyl (C=O) groups is 2. The van der Waals surface area contributed by atoms with Crippen molar-refractivity contribution in [1.82, 2.24) is 4.90 Å². The van der Waals surface area contributed by atoms with Crippen molar-refractivity contribution in [3.63, 3.8) is 0 Å². The predicted octanol–water partition coefficient (Wildman–Crippen LogP) is 1.87. The Morgan fingerprint density at radius 1 is 1.52 bits per heavy atom. The van der Waals surface area contributed by atoms with Crippen molar-refractivity contribution in [2.24, 2.45) is 0 Å². The standard InChI is InChI=1S/C13H15FN2O4S/c1-20-11-6-8(2-3-9(11)14)15-13(19)16-4-5-21-7-10(16)12(17)18/h2-3,6,10H,4-5,7H2,1H3,(H,15,19)(H,17,18). The van der Waals surface area contributed by atoms with Gasteiger partial charge in [0.05, 0.1) is 7.11 Å². The number of thioether (sulfide) groups is 1. The number of methoxy groups -OCH3 is 1. The monoisotopic (exact) mass is 314 g/mol. The lowest BCUT2D eigenvalue weighted by molar-refractivity contribution is -0.141. The highest BCUT2D eigenvalue weighted by atomic mass is 32.2. The quantitative estimate of drug-likeness (QED) is 0.890. The van der Waals surface area contributed by atoms with Gasteiger partial charge in [0.25, 0.3) is 0 Å². The van der Waals surface area contributed by atoms with Crippen LogP contribution in [0.25, 0.3) is 0 Å². The van der Waals surface area contributed by atoms with Gasteiger partial charge >= 0.3 is 12.0 Å². The van der Waals surface area contributed by atoms with Gasteiger partial charge in [-0.2, -0.15) is 11.8 Å². The van der Waals surface area contributed by atoms with Crippen LogP contribution in [0.5, 0.6) is 5.75 Å². The molecule has 2 N–H and O–H groups in total. The molecule has 21 heavy (non-hydrogen) atoms. The molecule has 1 heterocycles. The molecule has 1 aliphatic rings. The van der Waals surface area contributed by atoms with Crippen LogP contribution in [0.3, 0.4) is 0 Å². The number of hydrogen-bond acceptors (Lipinski definition) is 4. The van der Waals surface area contributed by atoms with E-state index < -0.39 is 23.9 Å². The lowest BCUT2D eigenvalue weighted by Crippen LogP contribution is -2.51. The van der Waals surface area contributed by atoms with Crippen molar-refractivity contribution >= 4 is 29.4 Å². The maximum absolute atomic E-state index is 13.3. The Morgan fingerprint density at radius 2 is 2.29 bits per heavy atom. The van der Waals surface area contributed by atoms with Crippen molar-refractivity contribution in [3.05, 3.63) is 24.0 Å². The highest BCUT2D eigenvalue weighted by molar-refractivity contribution is 7.99. The molecule has 0 bridgehead atoms. The van der Waals surface area contributed by atoms with Crippen LogP contribution in [0.1, 0.15) is 0 Å². The molecule has 1 unspecified atom stereocenters. The highest BCUT2D eigenvalue weighted by Gasteiger charge is 2.32. The number of carboxylic acids is 1. The smallest absolute Gasteiger partial charge is 0.327 e. The summed E-state index contributed by atoms with van der Waals surface area (Å²) in [6.07, 6.45) is 0. The maximum atomic E-state index is 13.3. The first-order valence-corrected chi connectivity index (χ1v) is 7.40. The van der Waals surface area contributed by atoms with E-state index in [1.165, 1.54) is 42.0 Å². The zero-order valence-electron chi connectivity index (χ0n) is 11.3. The molecule has 2 rings (SSSR count). The number of rotatable bonds is 3. The number of urea groups is 1. The molecule has 1 fully saturated rings. The van der Waals surface area contributed by atoms with Crippen LogP contribution in [0.2, 0.25) is 0 Å². The van der Waals surface area contributed by atoms with E-state index in [1.807, 2.05) is 0 Å². The molecule has 1 atom stereocenters. The van der Waals surface area contributed by atoms with Crippen LogP contribution in [-0.2, 0) is 4.79 Å². The minimum atomic E-state index is -1.03. The Kier molecular flexibility index (Phi) is 4.89. The molecule has 0 radical (unpaired) electrons. The van der Waals surface area contributed by atoms with Crippen molar-refractivity contribution < 1.29 is 23.8 Å². The molecule has 1 aromatic rings. The summed E-state index contributed by atoms with van der Waals surface area (Å²) in [4.78, 5) is 24.6. The number of amides is 2. The van der Waals surface area contributed by atoms with E-state index in [2.05, 4.69) is 5.32 Å². The Balaban J connectivity index is 2.11. The molecule has 6 nitrogen and oxygen atoms in total. The number of ether oxygens (including phenoxy) is 1. The van der Waals surface area contributed by atoms with E-state index in [-0.39, 0.29) is 5.75 Å². The van der Waals surface area contributed by atoms with E-state index in [1.54, 1.807) is 0 Å². The van der Waals surface area contributed by atoms with E-state index in [9.17, 15) is 14.0 Å². The number of nitrogens with one attached hydrogen (secondary N) is 1. The Hall–Kier alpha value is -1.96. The summed E-state index contributed by atoms with van der Waals surface area (Å²) in [6, 6.07) is 2.55. The number of benzene rings is 1. The number of aliphatic carboxylic acids is 1. The third-order valence-electron chi connectivity index (χ3n) is 3.08. The molecular formula is C13H15FN2O4S. The van der Waals surface area contributed by atoms with Gasteiger partial charge in [0.1, 0.15) is 6.04 Å². The molecule has 114 valence electrons. The average Bonchev–Trinajstić information content (AvgIpc) is 2.49. The number of carbonyl (C=O) groups excluding carboxylic acids is 1. The fraction of sp³-hybridized carbons (Fsp3) is 0.385. The Bertz CT molecular complexity index is 555. The number of nitrogens with zero attached hydrogens (tertiary/aromatic N) is 1. The van der Waals surface area contributed by atoms with Crippen LogP contribution >= 0.6 is 11.8 Å². The van der Waals surface area contributed by atoms with Gasteiger partial charge in [0.2, 0.25) is 0 Å². The maximum Gasteiger partial charge on any atom is 0.327 e. The summed E-state index contributed by atoms with van der Waals surface area (Å²) >= 11 is 1.49. The first-order valence-electron chi connectivity index (χ1n) is 6.24. The SMILES string of the molecule is COc1cc(NC(=O)N2CCSCC2C(=O)O)ccc1F. The number of anilines is 1. The molecule has 0 saturated carbocycles. The van der Waals surface area contributed by atoms with Crippen LogP contribution < -0.4 is 10.1 Å². The molecule has 1 aliphatic heterocycles. The first kappa shape index (κ1) is 15.4. The van der Waals surface area contributed by atoms with Gasteiger partial charge in [-0.3, -0.25) is 0 Å². The lowest BCUT2D eigenvalue weighted by Gasteiger charge is -2.32. The molecule has 0 aliphatic carbocycles. The second-order valence-corrected chi connectivity index (χ2v) is 5.55. The summed E-state index contributed by atoms with van der Waals surface area (Å²) in [5.74, 6) is -0.515. The highest BCUT2D eigenvalue weighted by Crippen LogP contribution is 2.23. The second-order valence-electron chi connectivity index (χ2n) is 4.40. The van der Waals surface area contributed by atoms with Gasteiger partial charge in [-0.15, -0.1) is 0 Å². The molecule has 8 heteroatoms. The van der Waals surface area contributed by atoms with Crippen molar-refractivity contribution in [2.45, 2.75) is 6.04 Å². The Morgan fingerprint density at radius 3 is 2.95 bits per heavy atom. The molecule has 0 spiro atoms. The third-order valence-corrected chi connectivity index (χ3v) is 4.10. The van der Waals surface area contributed by atoms with E-state index in [4.69, 9.17) is 9.84 Å². The zero-order valence-corrected chi connectivity index (χ0v) is 12.2. The fourth-order valence-electron chi connectivity index (χ4n) is 1.98. The largest absolute Gasteiger partial charge is 0.494 e. The minimum absolute atomic E-state index is 0.0109. The number of halogens is 1. The van der Waals surface area contributed by atoms with Gasteiger partial charge in [0, 0.05) is 29.8 Å². The topological polar surface area (TPSA) is 78.9 Å². The van der Waals surface area contributed by atoms with Crippen LogP contribution in [-0.4, -0.2) is 53.2 Å². The summed E-state index contributed by atoms with van der Waals surface area (Å²) in [5.41, 5.74) is 0.348. The number of hydrogen-bond donors (Lipinski definition) is 2. The molecule has 1 saturated heterocycles. The lowest BCUT2D eigenvalue weighted by atomic mass is 10.2. The molecule has 2 amide bonds. The normalized spacial score (nSPS) is 18.2. The predicted molar refractivity (Wildman–Crippen MR) is 77.4 cm³/mol. The average molecular weight is 314 g/mol. The van der Waals surface area contributed by atoms with Crippen molar-refractivity contribution in [3.8, 4) is 5.75 Å². The van der Waals surface area contributed by atoms with Crippen LogP contribution in [0.4, 0.5) is 14.9 Å². The van der Waals surface area contributed by atoms with Crippen molar-refractivity contribution in [1.29, 1.82) is 0 Å². The van der Waals surface area contributed by atoms with E-state index in [0.29, 0.717) is 23.7 Å². The summed E-state index contributed by atoms with van der Waals surface area (Å²) in [5, 5.41) is 11.7. The van der Waals surface area contributed by atoms with Gasteiger partial charge in [-0.1, -0.05) is 0 Å². The fourth-order valence-corrected chi connectivity index (χ4v) is 3.02. The minimum Gasteiger partial charge on any atom is -0.494 e. The van der Waals surface area contributed by atoms with Crippen LogP contribution in [0.15, 0.2) is 18.2 Å².